The summed E-state index contributed by atoms with van der Waals surface area (Å²) in [6, 6.07) is 9.98. The molecular weight excluding hydrogens is 290 g/mol. The van der Waals surface area contributed by atoms with E-state index in [1.807, 2.05) is 55.2 Å². The Kier molecular flexibility index (Phi) is 4.68. The summed E-state index contributed by atoms with van der Waals surface area (Å²) in [6.45, 7) is 4.81. The lowest BCUT2D eigenvalue weighted by Crippen LogP contribution is -2.51. The molecule has 0 radical (unpaired) electrons. The molecule has 3 rings (SSSR count). The Labute approximate surface area is 137 Å². The van der Waals surface area contributed by atoms with Gasteiger partial charge in [-0.15, -0.1) is 0 Å². The van der Waals surface area contributed by atoms with Crippen LogP contribution in [0.25, 0.3) is 0 Å². The quantitative estimate of drug-likeness (QED) is 0.918. The number of nitrogens with zero attached hydrogens (tertiary/aromatic N) is 3. The van der Waals surface area contributed by atoms with Crippen LogP contribution in [0.2, 0.25) is 0 Å². The minimum atomic E-state index is -0.791. The zero-order valence-electron chi connectivity index (χ0n) is 13.9. The normalized spacial score (nSPS) is 22.2. The van der Waals surface area contributed by atoms with E-state index in [0.717, 1.165) is 42.9 Å². The van der Waals surface area contributed by atoms with Crippen LogP contribution in [-0.2, 0) is 13.6 Å². The molecule has 1 saturated heterocycles. The van der Waals surface area contributed by atoms with Crippen LogP contribution >= 0.6 is 0 Å². The smallest absolute Gasteiger partial charge is 0.119 e. The first-order chi connectivity index (χ1) is 11.0. The molecule has 2 heterocycles. The average molecular weight is 315 g/mol. The van der Waals surface area contributed by atoms with Crippen LogP contribution in [0.15, 0.2) is 36.5 Å². The van der Waals surface area contributed by atoms with Crippen molar-refractivity contribution in [3.8, 4) is 5.75 Å². The van der Waals surface area contributed by atoms with Gasteiger partial charge in [0.25, 0.3) is 0 Å². The molecule has 0 saturated carbocycles. The zero-order chi connectivity index (χ0) is 16.3. The van der Waals surface area contributed by atoms with Gasteiger partial charge in [-0.25, -0.2) is 0 Å². The molecule has 124 valence electrons. The van der Waals surface area contributed by atoms with Crippen molar-refractivity contribution in [1.82, 2.24) is 14.7 Å². The fourth-order valence-corrected chi connectivity index (χ4v) is 3.17. The van der Waals surface area contributed by atoms with E-state index in [9.17, 15) is 5.11 Å². The predicted molar refractivity (Wildman–Crippen MR) is 89.3 cm³/mol. The number of piperidine rings is 1. The van der Waals surface area contributed by atoms with E-state index in [1.54, 1.807) is 0 Å². The number of ether oxygens (including phenoxy) is 1. The molecule has 1 aliphatic heterocycles. The van der Waals surface area contributed by atoms with Gasteiger partial charge in [-0.2, -0.15) is 5.10 Å². The summed E-state index contributed by atoms with van der Waals surface area (Å²) < 4.78 is 7.73. The van der Waals surface area contributed by atoms with Crippen molar-refractivity contribution in [3.05, 3.63) is 47.8 Å². The molecule has 1 aromatic carbocycles. The summed E-state index contributed by atoms with van der Waals surface area (Å²) in [4.78, 5) is 2.28. The van der Waals surface area contributed by atoms with Gasteiger partial charge in [0.1, 0.15) is 18.0 Å². The molecule has 1 fully saturated rings. The van der Waals surface area contributed by atoms with E-state index in [1.165, 1.54) is 0 Å². The second kappa shape index (κ2) is 6.72. The highest BCUT2D eigenvalue weighted by Crippen LogP contribution is 2.24. The molecular formula is C18H25N3O2. The molecule has 1 aromatic heterocycles. The maximum atomic E-state index is 10.9. The van der Waals surface area contributed by atoms with E-state index in [-0.39, 0.29) is 0 Å². The van der Waals surface area contributed by atoms with Crippen LogP contribution in [0.4, 0.5) is 0 Å². The third-order valence-corrected chi connectivity index (χ3v) is 4.44. The zero-order valence-corrected chi connectivity index (χ0v) is 13.9. The minimum Gasteiger partial charge on any atom is -0.491 e. The number of aromatic nitrogens is 2. The second-order valence-electron chi connectivity index (χ2n) is 6.59. The number of aryl methyl sites for hydroxylation is 2. The van der Waals surface area contributed by atoms with Crippen molar-refractivity contribution in [3.63, 3.8) is 0 Å². The molecule has 0 bridgehead atoms. The third-order valence-electron chi connectivity index (χ3n) is 4.44. The summed E-state index contributed by atoms with van der Waals surface area (Å²) in [5.74, 6) is 0.821. The van der Waals surface area contributed by atoms with Crippen LogP contribution in [0, 0.1) is 6.92 Å². The third kappa shape index (κ3) is 4.12. The number of benzene rings is 1. The number of rotatable bonds is 5. The van der Waals surface area contributed by atoms with Gasteiger partial charge in [-0.05, 0) is 50.1 Å². The molecule has 0 amide bonds. The first-order valence-corrected chi connectivity index (χ1v) is 8.15. The highest BCUT2D eigenvalue weighted by molar-refractivity contribution is 5.27. The Morgan fingerprint density at radius 2 is 2.22 bits per heavy atom. The molecule has 1 aliphatic rings. The van der Waals surface area contributed by atoms with E-state index in [2.05, 4.69) is 10.00 Å². The summed E-state index contributed by atoms with van der Waals surface area (Å²) in [7, 11) is 1.95. The van der Waals surface area contributed by atoms with E-state index >= 15 is 0 Å². The van der Waals surface area contributed by atoms with Crippen molar-refractivity contribution in [2.45, 2.75) is 31.9 Å². The molecule has 0 aliphatic carbocycles. The van der Waals surface area contributed by atoms with Gasteiger partial charge in [0.15, 0.2) is 0 Å². The lowest BCUT2D eigenvalue weighted by Gasteiger charge is -2.38. The van der Waals surface area contributed by atoms with Crippen LogP contribution in [0.5, 0.6) is 5.75 Å². The minimum absolute atomic E-state index is 0.332. The van der Waals surface area contributed by atoms with Gasteiger partial charge in [-0.3, -0.25) is 9.58 Å². The lowest BCUT2D eigenvalue weighted by molar-refractivity contribution is -0.0625. The molecule has 0 unspecified atom stereocenters. The van der Waals surface area contributed by atoms with Crippen LogP contribution in [0.3, 0.4) is 0 Å². The predicted octanol–water partition coefficient (Wildman–Crippen LogP) is 2.13. The Bertz CT molecular complexity index is 655. The fourth-order valence-electron chi connectivity index (χ4n) is 3.17. The lowest BCUT2D eigenvalue weighted by atomic mass is 9.93. The van der Waals surface area contributed by atoms with E-state index in [0.29, 0.717) is 13.2 Å². The SMILES string of the molecule is Cc1cccc(OC[C@@]2(O)CCCN(Cc3ccnn3C)C2)c1. The highest BCUT2D eigenvalue weighted by Gasteiger charge is 2.34. The Hall–Kier alpha value is -1.85. The maximum absolute atomic E-state index is 10.9. The van der Waals surface area contributed by atoms with Gasteiger partial charge in [-0.1, -0.05) is 12.1 Å². The number of β-amino-alcohol motifs (C(OH)–C–C–N with tert-alkyl or cyclic N) is 1. The molecule has 1 atom stereocenters. The second-order valence-corrected chi connectivity index (χ2v) is 6.59. The van der Waals surface area contributed by atoms with Crippen molar-refractivity contribution >= 4 is 0 Å². The molecule has 2 aromatic rings. The van der Waals surface area contributed by atoms with Crippen LogP contribution in [0.1, 0.15) is 24.1 Å². The summed E-state index contributed by atoms with van der Waals surface area (Å²) in [6.07, 6.45) is 3.57. The monoisotopic (exact) mass is 315 g/mol. The van der Waals surface area contributed by atoms with Crippen molar-refractivity contribution in [2.24, 2.45) is 7.05 Å². The Balaban J connectivity index is 1.59. The summed E-state index contributed by atoms with van der Waals surface area (Å²) in [5, 5.41) is 15.1. The standard InChI is InChI=1S/C18H25N3O2/c1-15-5-3-6-17(11-15)23-14-18(22)8-4-10-21(13-18)12-16-7-9-19-20(16)2/h3,5-7,9,11,22H,4,8,10,12-14H2,1-2H3/t18-/m1/s1. The Morgan fingerprint density at radius 3 is 2.96 bits per heavy atom. The maximum Gasteiger partial charge on any atom is 0.119 e. The van der Waals surface area contributed by atoms with Gasteiger partial charge >= 0.3 is 0 Å². The van der Waals surface area contributed by atoms with Gasteiger partial charge in [0.05, 0.1) is 5.69 Å². The number of aliphatic hydroxyl groups is 1. The number of likely N-dealkylation sites (tertiary alicyclic amines) is 1. The molecule has 0 spiro atoms. The highest BCUT2D eigenvalue weighted by atomic mass is 16.5. The van der Waals surface area contributed by atoms with Gasteiger partial charge in [0, 0.05) is 26.3 Å². The average Bonchev–Trinajstić information content (AvgIpc) is 2.91. The van der Waals surface area contributed by atoms with E-state index < -0.39 is 5.60 Å². The molecule has 23 heavy (non-hydrogen) atoms. The summed E-state index contributed by atoms with van der Waals surface area (Å²) in [5.41, 5.74) is 1.53. The number of hydrogen-bond donors (Lipinski definition) is 1. The first kappa shape index (κ1) is 16.0. The largest absolute Gasteiger partial charge is 0.491 e. The topological polar surface area (TPSA) is 50.5 Å². The number of hydrogen-bond acceptors (Lipinski definition) is 4. The van der Waals surface area contributed by atoms with Gasteiger partial charge < -0.3 is 9.84 Å². The van der Waals surface area contributed by atoms with Crippen LogP contribution < -0.4 is 4.74 Å². The van der Waals surface area contributed by atoms with E-state index in [4.69, 9.17) is 4.74 Å². The van der Waals surface area contributed by atoms with Crippen molar-refractivity contribution in [1.29, 1.82) is 0 Å². The van der Waals surface area contributed by atoms with Crippen molar-refractivity contribution in [2.75, 3.05) is 19.7 Å². The summed E-state index contributed by atoms with van der Waals surface area (Å²) >= 11 is 0. The Morgan fingerprint density at radius 1 is 1.35 bits per heavy atom. The fraction of sp³-hybridized carbons (Fsp3) is 0.500. The molecule has 5 heteroatoms. The van der Waals surface area contributed by atoms with Gasteiger partial charge in [0.2, 0.25) is 0 Å². The van der Waals surface area contributed by atoms with Crippen molar-refractivity contribution < 1.29 is 9.84 Å². The molecule has 5 nitrogen and oxygen atoms in total. The molecule has 1 N–H and O–H groups in total. The van der Waals surface area contributed by atoms with Crippen LogP contribution in [-0.4, -0.2) is 45.1 Å². The first-order valence-electron chi connectivity index (χ1n) is 8.15.